The minimum atomic E-state index is -0.0796. The van der Waals surface area contributed by atoms with Gasteiger partial charge in [-0.2, -0.15) is 0 Å². The van der Waals surface area contributed by atoms with E-state index in [1.54, 1.807) is 0 Å². The van der Waals surface area contributed by atoms with Crippen molar-refractivity contribution in [1.82, 2.24) is 9.88 Å². The normalized spacial score (nSPS) is 19.1. The monoisotopic (exact) mass is 339 g/mol. The fourth-order valence-electron chi connectivity index (χ4n) is 4.23. The second kappa shape index (κ2) is 7.71. The van der Waals surface area contributed by atoms with Crippen LogP contribution in [0.4, 0.5) is 5.69 Å². The summed E-state index contributed by atoms with van der Waals surface area (Å²) in [5.74, 6) is 0. The van der Waals surface area contributed by atoms with Crippen LogP contribution >= 0.6 is 0 Å². The smallest absolute Gasteiger partial charge is 0.0726 e. The fraction of sp³-hybridized carbons (Fsp3) is 0.571. The molecule has 0 radical (unpaired) electrons. The first kappa shape index (κ1) is 16.8. The zero-order chi connectivity index (χ0) is 17.1. The highest BCUT2D eigenvalue weighted by molar-refractivity contribution is 5.93. The van der Waals surface area contributed by atoms with E-state index in [4.69, 9.17) is 4.98 Å². The Morgan fingerprint density at radius 3 is 2.80 bits per heavy atom. The second-order valence-corrected chi connectivity index (χ2v) is 7.49. The number of para-hydroxylation sites is 1. The van der Waals surface area contributed by atoms with Crippen molar-refractivity contribution in [2.24, 2.45) is 0 Å². The van der Waals surface area contributed by atoms with Crippen molar-refractivity contribution in [1.29, 1.82) is 0 Å². The summed E-state index contributed by atoms with van der Waals surface area (Å²) in [5.41, 5.74) is 5.20. The van der Waals surface area contributed by atoms with Gasteiger partial charge < -0.3 is 15.3 Å². The molecule has 1 aromatic heterocycles. The van der Waals surface area contributed by atoms with Gasteiger partial charge in [0, 0.05) is 36.4 Å². The molecule has 4 heteroatoms. The first-order valence-corrected chi connectivity index (χ1v) is 9.86. The Morgan fingerprint density at radius 1 is 1.12 bits per heavy atom. The molecule has 1 aliphatic carbocycles. The van der Waals surface area contributed by atoms with Crippen molar-refractivity contribution in [3.8, 4) is 0 Å². The minimum absolute atomic E-state index is 0.0796. The van der Waals surface area contributed by atoms with Crippen molar-refractivity contribution in [3.63, 3.8) is 0 Å². The molecule has 2 N–H and O–H groups in total. The summed E-state index contributed by atoms with van der Waals surface area (Å²) in [6, 6.07) is 8.53. The molecule has 1 fully saturated rings. The van der Waals surface area contributed by atoms with Gasteiger partial charge in [0.05, 0.1) is 11.6 Å². The van der Waals surface area contributed by atoms with Gasteiger partial charge >= 0.3 is 0 Å². The van der Waals surface area contributed by atoms with E-state index >= 15 is 0 Å². The van der Waals surface area contributed by atoms with Crippen LogP contribution in [0, 0.1) is 0 Å². The molecule has 2 aromatic rings. The number of hydrogen-bond donors (Lipinski definition) is 2. The van der Waals surface area contributed by atoms with Crippen molar-refractivity contribution >= 4 is 16.6 Å². The number of nitrogens with zero attached hydrogens (tertiary/aromatic N) is 2. The van der Waals surface area contributed by atoms with E-state index in [0.717, 1.165) is 63.8 Å². The molecule has 0 spiro atoms. The summed E-state index contributed by atoms with van der Waals surface area (Å²) < 4.78 is 0. The number of aromatic nitrogens is 1. The van der Waals surface area contributed by atoms with Crippen LogP contribution in [-0.2, 0) is 12.8 Å². The predicted molar refractivity (Wildman–Crippen MR) is 103 cm³/mol. The molecule has 25 heavy (non-hydrogen) atoms. The molecule has 0 atom stereocenters. The lowest BCUT2D eigenvalue weighted by molar-refractivity contribution is 0.0825. The van der Waals surface area contributed by atoms with Gasteiger partial charge in [-0.1, -0.05) is 18.2 Å². The number of piperidine rings is 1. The molecule has 2 heterocycles. The standard InChI is InChI=1S/C21H29N3O/c25-16-10-14-24(15-11-16)13-5-12-22-21-17-6-1-3-8-19(17)23-20-9-4-2-7-18(20)21/h1,3,6,8,16,25H,2,4-5,7,9-15H2,(H,22,23). The number of hydrogen-bond acceptors (Lipinski definition) is 4. The van der Waals surface area contributed by atoms with Crippen LogP contribution in [0.1, 0.15) is 43.4 Å². The van der Waals surface area contributed by atoms with Gasteiger partial charge in [-0.3, -0.25) is 4.98 Å². The van der Waals surface area contributed by atoms with E-state index in [1.807, 2.05) is 0 Å². The molecule has 0 unspecified atom stereocenters. The first-order chi connectivity index (χ1) is 12.3. The van der Waals surface area contributed by atoms with Crippen LogP contribution in [0.5, 0.6) is 0 Å². The van der Waals surface area contributed by atoms with E-state index in [0.29, 0.717) is 0 Å². The number of anilines is 1. The van der Waals surface area contributed by atoms with Crippen LogP contribution in [0.25, 0.3) is 10.9 Å². The molecule has 0 amide bonds. The van der Waals surface area contributed by atoms with Gasteiger partial charge in [0.25, 0.3) is 0 Å². The number of aryl methyl sites for hydroxylation is 1. The van der Waals surface area contributed by atoms with Gasteiger partial charge in [0.1, 0.15) is 0 Å². The molecule has 4 nitrogen and oxygen atoms in total. The molecule has 134 valence electrons. The summed E-state index contributed by atoms with van der Waals surface area (Å²) in [7, 11) is 0. The lowest BCUT2D eigenvalue weighted by Gasteiger charge is -2.29. The lowest BCUT2D eigenvalue weighted by Crippen LogP contribution is -2.36. The van der Waals surface area contributed by atoms with Gasteiger partial charge in [0.15, 0.2) is 0 Å². The van der Waals surface area contributed by atoms with Gasteiger partial charge in [-0.25, -0.2) is 0 Å². The maximum absolute atomic E-state index is 9.62. The molecular weight excluding hydrogens is 310 g/mol. The first-order valence-electron chi connectivity index (χ1n) is 9.86. The second-order valence-electron chi connectivity index (χ2n) is 7.49. The van der Waals surface area contributed by atoms with Gasteiger partial charge in [0.2, 0.25) is 0 Å². The Bertz CT molecular complexity index is 722. The third-order valence-electron chi connectivity index (χ3n) is 5.68. The highest BCUT2D eigenvalue weighted by atomic mass is 16.3. The van der Waals surface area contributed by atoms with Crippen molar-refractivity contribution in [3.05, 3.63) is 35.5 Å². The Kier molecular flexibility index (Phi) is 5.18. The molecule has 1 aromatic carbocycles. The Morgan fingerprint density at radius 2 is 1.92 bits per heavy atom. The highest BCUT2D eigenvalue weighted by Crippen LogP contribution is 2.33. The number of aliphatic hydroxyl groups is 1. The third kappa shape index (κ3) is 3.80. The summed E-state index contributed by atoms with van der Waals surface area (Å²) in [6.07, 6.45) is 7.72. The van der Waals surface area contributed by atoms with Crippen molar-refractivity contribution < 1.29 is 5.11 Å². The molecule has 1 saturated heterocycles. The summed E-state index contributed by atoms with van der Waals surface area (Å²) in [6.45, 7) is 4.19. The number of fused-ring (bicyclic) bond motifs is 2. The lowest BCUT2D eigenvalue weighted by atomic mass is 9.92. The zero-order valence-corrected chi connectivity index (χ0v) is 15.0. The number of nitrogens with one attached hydrogen (secondary N) is 1. The van der Waals surface area contributed by atoms with Crippen LogP contribution in [0.3, 0.4) is 0 Å². The highest BCUT2D eigenvalue weighted by Gasteiger charge is 2.18. The molecule has 0 bridgehead atoms. The van der Waals surface area contributed by atoms with E-state index in [-0.39, 0.29) is 6.10 Å². The number of aliphatic hydroxyl groups excluding tert-OH is 1. The van der Waals surface area contributed by atoms with Crippen LogP contribution in [0.15, 0.2) is 24.3 Å². The fourth-order valence-corrected chi connectivity index (χ4v) is 4.23. The van der Waals surface area contributed by atoms with Gasteiger partial charge in [-0.15, -0.1) is 0 Å². The zero-order valence-electron chi connectivity index (χ0n) is 15.0. The topological polar surface area (TPSA) is 48.4 Å². The van der Waals surface area contributed by atoms with Crippen molar-refractivity contribution in [2.75, 3.05) is 31.5 Å². The molecule has 1 aliphatic heterocycles. The molecule has 0 saturated carbocycles. The Hall–Kier alpha value is -1.65. The van der Waals surface area contributed by atoms with Crippen LogP contribution in [0.2, 0.25) is 0 Å². The van der Waals surface area contributed by atoms with Crippen molar-refractivity contribution in [2.45, 2.75) is 51.0 Å². The quantitative estimate of drug-likeness (QED) is 0.820. The SMILES string of the molecule is OC1CCN(CCCNc2c3c(nc4ccccc24)CCCC3)CC1. The Labute approximate surface area is 150 Å². The number of likely N-dealkylation sites (tertiary alicyclic amines) is 1. The third-order valence-corrected chi connectivity index (χ3v) is 5.68. The average Bonchev–Trinajstić information content (AvgIpc) is 2.66. The summed E-state index contributed by atoms with van der Waals surface area (Å²) in [4.78, 5) is 7.39. The predicted octanol–water partition coefficient (Wildman–Crippen LogP) is 3.37. The largest absolute Gasteiger partial charge is 0.393 e. The van der Waals surface area contributed by atoms with Crippen LogP contribution in [-0.4, -0.2) is 47.3 Å². The van der Waals surface area contributed by atoms with Crippen LogP contribution < -0.4 is 5.32 Å². The molecule has 2 aliphatic rings. The van der Waals surface area contributed by atoms with E-state index < -0.39 is 0 Å². The van der Waals surface area contributed by atoms with Gasteiger partial charge in [-0.05, 0) is 63.1 Å². The molecular formula is C21H29N3O. The number of benzene rings is 1. The maximum atomic E-state index is 9.62. The summed E-state index contributed by atoms with van der Waals surface area (Å²) in [5, 5.41) is 14.6. The van der Waals surface area contributed by atoms with E-state index in [1.165, 1.54) is 35.2 Å². The number of pyridine rings is 1. The maximum Gasteiger partial charge on any atom is 0.0726 e. The minimum Gasteiger partial charge on any atom is -0.393 e. The number of rotatable bonds is 5. The Balaban J connectivity index is 1.43. The van der Waals surface area contributed by atoms with E-state index in [2.05, 4.69) is 34.5 Å². The molecule has 4 rings (SSSR count). The van der Waals surface area contributed by atoms with E-state index in [9.17, 15) is 5.11 Å². The summed E-state index contributed by atoms with van der Waals surface area (Å²) >= 11 is 0. The average molecular weight is 339 g/mol.